The van der Waals surface area contributed by atoms with Gasteiger partial charge in [-0.15, -0.1) is 0 Å². The molecule has 136 valence electrons. The Morgan fingerprint density at radius 3 is 1.92 bits per heavy atom. The van der Waals surface area contributed by atoms with E-state index < -0.39 is 23.4 Å². The molecule has 2 N–H and O–H groups in total. The summed E-state index contributed by atoms with van der Waals surface area (Å²) in [7, 11) is 0. The van der Waals surface area contributed by atoms with E-state index in [1.165, 1.54) is 36.4 Å². The average molecular weight is 362 g/mol. The van der Waals surface area contributed by atoms with Crippen LogP contribution >= 0.6 is 0 Å². The van der Waals surface area contributed by atoms with Gasteiger partial charge in [0, 0.05) is 18.4 Å². The zero-order chi connectivity index (χ0) is 18.9. The molecule has 0 fully saturated rings. The number of ether oxygens (including phenoxy) is 1. The van der Waals surface area contributed by atoms with Crippen LogP contribution in [0.2, 0.25) is 0 Å². The first-order valence-electron chi connectivity index (χ1n) is 7.69. The number of hydrogen-bond acceptors (Lipinski definition) is 4. The highest BCUT2D eigenvalue weighted by Crippen LogP contribution is 2.10. The van der Waals surface area contributed by atoms with E-state index in [0.717, 1.165) is 12.1 Å². The molecule has 0 aliphatic heterocycles. The van der Waals surface area contributed by atoms with Crippen LogP contribution in [-0.2, 0) is 9.59 Å². The monoisotopic (exact) mass is 362 g/mol. The summed E-state index contributed by atoms with van der Waals surface area (Å²) in [6.07, 6.45) is -0.227. The quantitative estimate of drug-likeness (QED) is 0.584. The van der Waals surface area contributed by atoms with Gasteiger partial charge < -0.3 is 4.74 Å². The van der Waals surface area contributed by atoms with Gasteiger partial charge in [0.15, 0.2) is 12.4 Å². The van der Waals surface area contributed by atoms with Crippen LogP contribution in [0, 0.1) is 11.6 Å². The lowest BCUT2D eigenvalue weighted by molar-refractivity contribution is -0.130. The van der Waals surface area contributed by atoms with Crippen LogP contribution in [0.15, 0.2) is 48.5 Å². The Kier molecular flexibility index (Phi) is 6.78. The Hall–Kier alpha value is -3.29. The van der Waals surface area contributed by atoms with Gasteiger partial charge in [-0.2, -0.15) is 0 Å². The fourth-order valence-corrected chi connectivity index (χ4v) is 1.92. The van der Waals surface area contributed by atoms with Crippen LogP contribution in [0.5, 0.6) is 5.75 Å². The number of nitrogens with one attached hydrogen (secondary N) is 2. The Bertz CT molecular complexity index is 777. The van der Waals surface area contributed by atoms with E-state index in [4.69, 9.17) is 4.74 Å². The Balaban J connectivity index is 1.66. The summed E-state index contributed by atoms with van der Waals surface area (Å²) in [4.78, 5) is 35.0. The SMILES string of the molecule is O=C(CCC(=O)c1ccc(F)cc1)NNC(=O)COc1ccc(F)cc1. The van der Waals surface area contributed by atoms with Gasteiger partial charge in [-0.05, 0) is 48.5 Å². The molecular weight excluding hydrogens is 346 g/mol. The number of carbonyl (C=O) groups excluding carboxylic acids is 3. The lowest BCUT2D eigenvalue weighted by Gasteiger charge is -2.08. The van der Waals surface area contributed by atoms with E-state index in [1.54, 1.807) is 0 Å². The number of benzene rings is 2. The lowest BCUT2D eigenvalue weighted by atomic mass is 10.1. The number of ketones is 1. The van der Waals surface area contributed by atoms with Crippen molar-refractivity contribution in [1.82, 2.24) is 10.9 Å². The maximum atomic E-state index is 12.8. The third-order valence-electron chi connectivity index (χ3n) is 3.27. The minimum atomic E-state index is -0.618. The highest BCUT2D eigenvalue weighted by molar-refractivity contribution is 5.98. The number of carbonyl (C=O) groups is 3. The van der Waals surface area contributed by atoms with Crippen LogP contribution in [-0.4, -0.2) is 24.2 Å². The van der Waals surface area contributed by atoms with Gasteiger partial charge in [-0.1, -0.05) is 0 Å². The second-order valence-corrected chi connectivity index (χ2v) is 5.27. The second-order valence-electron chi connectivity index (χ2n) is 5.27. The minimum absolute atomic E-state index is 0.0839. The Morgan fingerprint density at radius 1 is 0.769 bits per heavy atom. The lowest BCUT2D eigenvalue weighted by Crippen LogP contribution is -2.43. The summed E-state index contributed by atoms with van der Waals surface area (Å²) < 4.78 is 30.6. The molecule has 2 aromatic rings. The number of hydrazine groups is 1. The van der Waals surface area contributed by atoms with Crippen LogP contribution in [0.4, 0.5) is 8.78 Å². The van der Waals surface area contributed by atoms with Crippen molar-refractivity contribution in [3.63, 3.8) is 0 Å². The van der Waals surface area contributed by atoms with Gasteiger partial charge in [0.2, 0.25) is 5.91 Å². The van der Waals surface area contributed by atoms with Gasteiger partial charge in [-0.25, -0.2) is 8.78 Å². The number of rotatable bonds is 7. The van der Waals surface area contributed by atoms with E-state index in [9.17, 15) is 23.2 Å². The van der Waals surface area contributed by atoms with Gasteiger partial charge in [0.1, 0.15) is 17.4 Å². The number of Topliss-reactive ketones (excluding diaryl/α,β-unsaturated/α-hetero) is 1. The van der Waals surface area contributed by atoms with Gasteiger partial charge in [0.25, 0.3) is 5.91 Å². The molecule has 2 aromatic carbocycles. The van der Waals surface area contributed by atoms with Crippen molar-refractivity contribution in [3.05, 3.63) is 65.7 Å². The normalized spacial score (nSPS) is 10.1. The Labute approximate surface area is 148 Å². The molecule has 0 radical (unpaired) electrons. The maximum absolute atomic E-state index is 12.8. The third kappa shape index (κ3) is 6.31. The Morgan fingerprint density at radius 2 is 1.31 bits per heavy atom. The maximum Gasteiger partial charge on any atom is 0.276 e. The van der Waals surface area contributed by atoms with Crippen LogP contribution in [0.3, 0.4) is 0 Å². The molecule has 8 heteroatoms. The summed E-state index contributed by atoms with van der Waals surface area (Å²) in [6.45, 7) is -0.375. The molecule has 2 amide bonds. The van der Waals surface area contributed by atoms with E-state index in [2.05, 4.69) is 10.9 Å². The van der Waals surface area contributed by atoms with E-state index in [1.807, 2.05) is 0 Å². The van der Waals surface area contributed by atoms with Gasteiger partial charge in [0.05, 0.1) is 0 Å². The largest absolute Gasteiger partial charge is 0.484 e. The molecule has 0 atom stereocenters. The summed E-state index contributed by atoms with van der Waals surface area (Å²) in [6, 6.07) is 10.1. The number of amides is 2. The molecular formula is C18H16F2N2O4. The van der Waals surface area contributed by atoms with Crippen molar-refractivity contribution >= 4 is 17.6 Å². The molecule has 0 saturated heterocycles. The van der Waals surface area contributed by atoms with Crippen LogP contribution in [0.1, 0.15) is 23.2 Å². The summed E-state index contributed by atoms with van der Waals surface area (Å²) in [5.41, 5.74) is 4.59. The molecule has 0 bridgehead atoms. The smallest absolute Gasteiger partial charge is 0.276 e. The highest BCUT2D eigenvalue weighted by atomic mass is 19.1. The molecule has 0 unspecified atom stereocenters. The molecule has 0 heterocycles. The second kappa shape index (κ2) is 9.26. The standard InChI is InChI=1S/C18H16F2N2O4/c19-13-3-1-12(2-4-13)16(23)9-10-17(24)21-22-18(25)11-26-15-7-5-14(20)6-8-15/h1-8H,9-11H2,(H,21,24)(H,22,25). The van der Waals surface area contributed by atoms with Crippen molar-refractivity contribution < 1.29 is 27.9 Å². The molecule has 26 heavy (non-hydrogen) atoms. The van der Waals surface area contributed by atoms with Crippen molar-refractivity contribution in [2.45, 2.75) is 12.8 Å². The van der Waals surface area contributed by atoms with E-state index in [-0.39, 0.29) is 25.2 Å². The number of hydrogen-bond donors (Lipinski definition) is 2. The van der Waals surface area contributed by atoms with Crippen molar-refractivity contribution in [2.24, 2.45) is 0 Å². The van der Waals surface area contributed by atoms with Gasteiger partial charge >= 0.3 is 0 Å². The molecule has 0 spiro atoms. The highest BCUT2D eigenvalue weighted by Gasteiger charge is 2.10. The molecule has 6 nitrogen and oxygen atoms in total. The van der Waals surface area contributed by atoms with Gasteiger partial charge in [-0.3, -0.25) is 25.2 Å². The van der Waals surface area contributed by atoms with Crippen LogP contribution < -0.4 is 15.6 Å². The first kappa shape index (κ1) is 19.0. The molecule has 0 aromatic heterocycles. The summed E-state index contributed by atoms with van der Waals surface area (Å²) in [5, 5.41) is 0. The predicted molar refractivity (Wildman–Crippen MR) is 88.1 cm³/mol. The van der Waals surface area contributed by atoms with E-state index >= 15 is 0 Å². The molecule has 0 saturated carbocycles. The molecule has 0 aliphatic carbocycles. The zero-order valence-corrected chi connectivity index (χ0v) is 13.6. The zero-order valence-electron chi connectivity index (χ0n) is 13.6. The van der Waals surface area contributed by atoms with Crippen molar-refractivity contribution in [2.75, 3.05) is 6.61 Å². The minimum Gasteiger partial charge on any atom is -0.484 e. The topological polar surface area (TPSA) is 84.5 Å². The molecule has 2 rings (SSSR count). The van der Waals surface area contributed by atoms with Crippen LogP contribution in [0.25, 0.3) is 0 Å². The fraction of sp³-hybridized carbons (Fsp3) is 0.167. The summed E-state index contributed by atoms with van der Waals surface area (Å²) in [5.74, 6) is -2.07. The fourth-order valence-electron chi connectivity index (χ4n) is 1.92. The first-order chi connectivity index (χ1) is 12.4. The van der Waals surface area contributed by atoms with Crippen molar-refractivity contribution in [3.8, 4) is 5.75 Å². The summed E-state index contributed by atoms with van der Waals surface area (Å²) >= 11 is 0. The number of halogens is 2. The molecule has 0 aliphatic rings. The average Bonchev–Trinajstić information content (AvgIpc) is 2.64. The third-order valence-corrected chi connectivity index (χ3v) is 3.27. The van der Waals surface area contributed by atoms with Crippen molar-refractivity contribution in [1.29, 1.82) is 0 Å². The predicted octanol–water partition coefficient (Wildman–Crippen LogP) is 2.15. The van der Waals surface area contributed by atoms with E-state index in [0.29, 0.717) is 11.3 Å². The first-order valence-corrected chi connectivity index (χ1v) is 7.69.